The SMILES string of the molecule is CC=O.CCCC(CCC(NCCCc1ccccc1)C(C)C)c1ccc(C)cc1. The molecule has 0 saturated carbocycles. The molecule has 166 valence electrons. The van der Waals surface area contributed by atoms with Crippen LogP contribution in [0.3, 0.4) is 0 Å². The van der Waals surface area contributed by atoms with Crippen molar-refractivity contribution in [1.82, 2.24) is 5.32 Å². The summed E-state index contributed by atoms with van der Waals surface area (Å²) < 4.78 is 0. The first-order chi connectivity index (χ1) is 14.5. The van der Waals surface area contributed by atoms with Crippen molar-refractivity contribution in [3.63, 3.8) is 0 Å². The number of nitrogens with one attached hydrogen (secondary N) is 1. The van der Waals surface area contributed by atoms with E-state index in [0.717, 1.165) is 12.8 Å². The first-order valence-electron chi connectivity index (χ1n) is 11.7. The molecule has 0 amide bonds. The van der Waals surface area contributed by atoms with Crippen LogP contribution in [0.5, 0.6) is 0 Å². The molecule has 0 bridgehead atoms. The van der Waals surface area contributed by atoms with E-state index in [1.807, 2.05) is 0 Å². The van der Waals surface area contributed by atoms with Gasteiger partial charge in [0.1, 0.15) is 6.29 Å². The molecule has 2 unspecified atom stereocenters. The molecule has 2 nitrogen and oxygen atoms in total. The molecule has 0 saturated heterocycles. The van der Waals surface area contributed by atoms with E-state index >= 15 is 0 Å². The van der Waals surface area contributed by atoms with E-state index in [4.69, 9.17) is 4.79 Å². The van der Waals surface area contributed by atoms with E-state index in [2.05, 4.69) is 87.6 Å². The van der Waals surface area contributed by atoms with Crippen LogP contribution in [0.1, 0.15) is 82.4 Å². The molecule has 0 spiro atoms. The van der Waals surface area contributed by atoms with E-state index in [0.29, 0.717) is 17.9 Å². The predicted octanol–water partition coefficient (Wildman–Crippen LogP) is 7.11. The molecule has 2 aromatic rings. The van der Waals surface area contributed by atoms with Gasteiger partial charge in [0.15, 0.2) is 0 Å². The molecular formula is C28H43NO. The highest BCUT2D eigenvalue weighted by molar-refractivity contribution is 5.44. The normalized spacial score (nSPS) is 12.7. The zero-order valence-electron chi connectivity index (χ0n) is 19.9. The van der Waals surface area contributed by atoms with Gasteiger partial charge in [-0.3, -0.25) is 0 Å². The molecule has 0 aliphatic carbocycles. The summed E-state index contributed by atoms with van der Waals surface area (Å²) in [5, 5.41) is 3.85. The second-order valence-corrected chi connectivity index (χ2v) is 8.60. The Balaban J connectivity index is 0.00000141. The number of rotatable bonds is 12. The van der Waals surface area contributed by atoms with Gasteiger partial charge in [-0.05, 0) is 75.5 Å². The van der Waals surface area contributed by atoms with Crippen LogP contribution in [0.25, 0.3) is 0 Å². The van der Waals surface area contributed by atoms with Gasteiger partial charge in [-0.2, -0.15) is 0 Å². The van der Waals surface area contributed by atoms with Crippen LogP contribution in [0.15, 0.2) is 54.6 Å². The van der Waals surface area contributed by atoms with Gasteiger partial charge in [-0.15, -0.1) is 0 Å². The fraction of sp³-hybridized carbons (Fsp3) is 0.536. The largest absolute Gasteiger partial charge is 0.314 e. The Hall–Kier alpha value is -1.93. The molecule has 0 aliphatic heterocycles. The molecule has 1 N–H and O–H groups in total. The molecule has 2 aromatic carbocycles. The fourth-order valence-corrected chi connectivity index (χ4v) is 3.94. The van der Waals surface area contributed by atoms with E-state index in [1.165, 1.54) is 62.1 Å². The lowest BCUT2D eigenvalue weighted by molar-refractivity contribution is -0.106. The van der Waals surface area contributed by atoms with Crippen molar-refractivity contribution in [3.05, 3.63) is 71.3 Å². The Morgan fingerprint density at radius 2 is 1.57 bits per heavy atom. The van der Waals surface area contributed by atoms with Crippen molar-refractivity contribution < 1.29 is 4.79 Å². The number of aryl methyl sites for hydroxylation is 2. The minimum absolute atomic E-state index is 0.616. The van der Waals surface area contributed by atoms with Crippen LogP contribution in [-0.4, -0.2) is 18.9 Å². The highest BCUT2D eigenvalue weighted by Gasteiger charge is 2.17. The van der Waals surface area contributed by atoms with Crippen molar-refractivity contribution in [2.24, 2.45) is 5.92 Å². The smallest absolute Gasteiger partial charge is 0.116 e. The second-order valence-electron chi connectivity index (χ2n) is 8.60. The quantitative estimate of drug-likeness (QED) is 0.299. The zero-order chi connectivity index (χ0) is 22.2. The average Bonchev–Trinajstić information content (AvgIpc) is 2.74. The van der Waals surface area contributed by atoms with E-state index in [1.54, 1.807) is 0 Å². The highest BCUT2D eigenvalue weighted by Crippen LogP contribution is 2.28. The van der Waals surface area contributed by atoms with Gasteiger partial charge in [0.05, 0.1) is 0 Å². The number of benzene rings is 2. The summed E-state index contributed by atoms with van der Waals surface area (Å²) in [7, 11) is 0. The van der Waals surface area contributed by atoms with Crippen LogP contribution in [0.4, 0.5) is 0 Å². The first kappa shape index (κ1) is 26.1. The number of hydrogen-bond donors (Lipinski definition) is 1. The Labute approximate surface area is 185 Å². The van der Waals surface area contributed by atoms with Crippen LogP contribution >= 0.6 is 0 Å². The summed E-state index contributed by atoms with van der Waals surface area (Å²) in [5.74, 6) is 1.38. The number of hydrogen-bond acceptors (Lipinski definition) is 2. The van der Waals surface area contributed by atoms with Gasteiger partial charge in [0.2, 0.25) is 0 Å². The lowest BCUT2D eigenvalue weighted by Crippen LogP contribution is -2.35. The third kappa shape index (κ3) is 10.7. The fourth-order valence-electron chi connectivity index (χ4n) is 3.94. The van der Waals surface area contributed by atoms with Gasteiger partial charge in [-0.25, -0.2) is 0 Å². The minimum atomic E-state index is 0.616. The minimum Gasteiger partial charge on any atom is -0.314 e. The van der Waals surface area contributed by atoms with Gasteiger partial charge in [0, 0.05) is 6.04 Å². The number of aldehydes is 1. The van der Waals surface area contributed by atoms with E-state index in [-0.39, 0.29) is 0 Å². The predicted molar refractivity (Wildman–Crippen MR) is 131 cm³/mol. The molecule has 0 fully saturated rings. The standard InChI is InChI=1S/C26H39N.C2H4O/c1-5-10-24(25-16-14-22(4)15-17-25)18-19-26(21(2)3)27-20-9-13-23-11-7-6-8-12-23;1-2-3/h6-8,11-12,14-17,21,24,26-27H,5,9-10,13,18-20H2,1-4H3;2H,1H3. The molecule has 0 radical (unpaired) electrons. The highest BCUT2D eigenvalue weighted by atomic mass is 16.1. The third-order valence-corrected chi connectivity index (χ3v) is 5.71. The van der Waals surface area contributed by atoms with Crippen molar-refractivity contribution in [1.29, 1.82) is 0 Å². The Morgan fingerprint density at radius 1 is 0.933 bits per heavy atom. The molecular weight excluding hydrogens is 366 g/mol. The summed E-state index contributed by atoms with van der Waals surface area (Å²) in [5.41, 5.74) is 4.32. The summed E-state index contributed by atoms with van der Waals surface area (Å²) in [6.07, 6.45) is 8.23. The van der Waals surface area contributed by atoms with Crippen molar-refractivity contribution in [2.75, 3.05) is 6.54 Å². The maximum atomic E-state index is 8.81. The molecule has 2 heteroatoms. The Bertz CT molecular complexity index is 663. The van der Waals surface area contributed by atoms with Gasteiger partial charge in [0.25, 0.3) is 0 Å². The van der Waals surface area contributed by atoms with Crippen molar-refractivity contribution in [2.45, 2.75) is 85.1 Å². The molecule has 2 atom stereocenters. The van der Waals surface area contributed by atoms with Gasteiger partial charge in [-0.1, -0.05) is 87.4 Å². The summed E-state index contributed by atoms with van der Waals surface area (Å²) in [6.45, 7) is 11.8. The van der Waals surface area contributed by atoms with Gasteiger partial charge < -0.3 is 10.1 Å². The van der Waals surface area contributed by atoms with Crippen LogP contribution in [-0.2, 0) is 11.2 Å². The van der Waals surface area contributed by atoms with E-state index in [9.17, 15) is 0 Å². The maximum Gasteiger partial charge on any atom is 0.116 e. The van der Waals surface area contributed by atoms with Crippen molar-refractivity contribution >= 4 is 6.29 Å². The van der Waals surface area contributed by atoms with Crippen LogP contribution < -0.4 is 5.32 Å². The van der Waals surface area contributed by atoms with E-state index < -0.39 is 0 Å². The van der Waals surface area contributed by atoms with Crippen LogP contribution in [0.2, 0.25) is 0 Å². The molecule has 0 aliphatic rings. The van der Waals surface area contributed by atoms with Crippen molar-refractivity contribution in [3.8, 4) is 0 Å². The molecule has 2 rings (SSSR count). The zero-order valence-corrected chi connectivity index (χ0v) is 19.9. The Kier molecular flexibility index (Phi) is 13.8. The topological polar surface area (TPSA) is 29.1 Å². The third-order valence-electron chi connectivity index (χ3n) is 5.71. The lowest BCUT2D eigenvalue weighted by Gasteiger charge is -2.25. The molecule has 0 aromatic heterocycles. The lowest BCUT2D eigenvalue weighted by atomic mass is 9.86. The molecule has 0 heterocycles. The van der Waals surface area contributed by atoms with Crippen LogP contribution in [0, 0.1) is 12.8 Å². The Morgan fingerprint density at radius 3 is 2.13 bits per heavy atom. The average molecular weight is 410 g/mol. The number of carbonyl (C=O) groups is 1. The maximum absolute atomic E-state index is 8.81. The summed E-state index contributed by atoms with van der Waals surface area (Å²) in [4.78, 5) is 8.81. The summed E-state index contributed by atoms with van der Waals surface area (Å²) in [6, 6.07) is 20.7. The second kappa shape index (κ2) is 15.8. The summed E-state index contributed by atoms with van der Waals surface area (Å²) >= 11 is 0. The molecule has 30 heavy (non-hydrogen) atoms. The number of carbonyl (C=O) groups excluding carboxylic acids is 1. The monoisotopic (exact) mass is 409 g/mol. The first-order valence-corrected chi connectivity index (χ1v) is 11.7. The van der Waals surface area contributed by atoms with Gasteiger partial charge >= 0.3 is 0 Å².